The summed E-state index contributed by atoms with van der Waals surface area (Å²) in [6.07, 6.45) is 2.01. The second-order valence-corrected chi connectivity index (χ2v) is 4.37. The third kappa shape index (κ3) is 4.73. The van der Waals surface area contributed by atoms with Crippen LogP contribution in [0.1, 0.15) is 40.5 Å². The summed E-state index contributed by atoms with van der Waals surface area (Å²) in [6, 6.07) is 0.592. The zero-order valence-corrected chi connectivity index (χ0v) is 11.5. The van der Waals surface area contributed by atoms with Crippen LogP contribution in [-0.2, 0) is 0 Å². The molecule has 96 valence electrons. The van der Waals surface area contributed by atoms with Crippen molar-refractivity contribution in [3.63, 3.8) is 0 Å². The molecule has 0 aliphatic rings. The maximum atomic E-state index is 5.82. The summed E-state index contributed by atoms with van der Waals surface area (Å²) in [7, 11) is 0. The van der Waals surface area contributed by atoms with E-state index in [4.69, 9.17) is 16.3 Å². The van der Waals surface area contributed by atoms with Crippen LogP contribution in [0.2, 0.25) is 5.28 Å². The van der Waals surface area contributed by atoms with Gasteiger partial charge >= 0.3 is 6.01 Å². The van der Waals surface area contributed by atoms with Crippen LogP contribution >= 0.6 is 11.6 Å². The standard InChI is InChI=1S/C11H19ClN4O/c1-5-8(6-2)13-10-14-9(12)15-11(16-10)17-7(3)4/h7-8H,5-6H2,1-4H3,(H,13,14,15,16). The van der Waals surface area contributed by atoms with Gasteiger partial charge in [-0.15, -0.1) is 0 Å². The van der Waals surface area contributed by atoms with E-state index in [1.165, 1.54) is 0 Å². The first-order chi connectivity index (χ1) is 8.05. The maximum absolute atomic E-state index is 5.82. The molecule has 0 aliphatic carbocycles. The Morgan fingerprint density at radius 1 is 1.18 bits per heavy atom. The number of anilines is 1. The molecule has 5 nitrogen and oxygen atoms in total. The summed E-state index contributed by atoms with van der Waals surface area (Å²) in [5, 5.41) is 3.35. The highest BCUT2D eigenvalue weighted by Gasteiger charge is 2.10. The summed E-state index contributed by atoms with van der Waals surface area (Å²) in [5.41, 5.74) is 0. The highest BCUT2D eigenvalue weighted by atomic mass is 35.5. The van der Waals surface area contributed by atoms with Gasteiger partial charge in [0.2, 0.25) is 11.2 Å². The van der Waals surface area contributed by atoms with E-state index in [2.05, 4.69) is 34.1 Å². The smallest absolute Gasteiger partial charge is 0.322 e. The molecule has 1 heterocycles. The Morgan fingerprint density at radius 3 is 2.35 bits per heavy atom. The monoisotopic (exact) mass is 258 g/mol. The van der Waals surface area contributed by atoms with E-state index in [1.54, 1.807) is 0 Å². The number of hydrogen-bond donors (Lipinski definition) is 1. The van der Waals surface area contributed by atoms with Gasteiger partial charge in [0.25, 0.3) is 0 Å². The number of rotatable bonds is 6. The van der Waals surface area contributed by atoms with Crippen LogP contribution in [0.3, 0.4) is 0 Å². The molecule has 0 aromatic carbocycles. The SMILES string of the molecule is CCC(CC)Nc1nc(Cl)nc(OC(C)C)n1. The van der Waals surface area contributed by atoms with Gasteiger partial charge in [-0.3, -0.25) is 0 Å². The summed E-state index contributed by atoms with van der Waals surface area (Å²) < 4.78 is 5.40. The zero-order valence-electron chi connectivity index (χ0n) is 10.7. The number of halogens is 1. The Kier molecular flexibility index (Phi) is 5.41. The molecule has 0 fully saturated rings. The number of ether oxygens (including phenoxy) is 1. The largest absolute Gasteiger partial charge is 0.461 e. The van der Waals surface area contributed by atoms with E-state index < -0.39 is 0 Å². The van der Waals surface area contributed by atoms with Crippen LogP contribution in [0.15, 0.2) is 0 Å². The minimum atomic E-state index is 0.00876. The molecule has 17 heavy (non-hydrogen) atoms. The Bertz CT molecular complexity index is 355. The van der Waals surface area contributed by atoms with Gasteiger partial charge in [0, 0.05) is 6.04 Å². The lowest BCUT2D eigenvalue weighted by atomic mass is 10.2. The molecule has 0 amide bonds. The van der Waals surface area contributed by atoms with E-state index in [0.717, 1.165) is 12.8 Å². The third-order valence-corrected chi connectivity index (χ3v) is 2.42. The molecule has 0 spiro atoms. The molecule has 0 aliphatic heterocycles. The van der Waals surface area contributed by atoms with Gasteiger partial charge in [0.05, 0.1) is 6.10 Å². The van der Waals surface area contributed by atoms with E-state index in [-0.39, 0.29) is 17.4 Å². The van der Waals surface area contributed by atoms with Crippen molar-refractivity contribution in [1.29, 1.82) is 0 Å². The summed E-state index contributed by atoms with van der Waals surface area (Å²) in [6.45, 7) is 8.03. The molecule has 0 atom stereocenters. The van der Waals surface area contributed by atoms with Crippen molar-refractivity contribution in [2.24, 2.45) is 0 Å². The molecule has 1 aromatic rings. The van der Waals surface area contributed by atoms with Crippen LogP contribution in [0.25, 0.3) is 0 Å². The van der Waals surface area contributed by atoms with Crippen molar-refractivity contribution in [1.82, 2.24) is 15.0 Å². The molecule has 1 N–H and O–H groups in total. The highest BCUT2D eigenvalue weighted by molar-refractivity contribution is 6.28. The van der Waals surface area contributed by atoms with Crippen molar-refractivity contribution in [2.75, 3.05) is 5.32 Å². The topological polar surface area (TPSA) is 59.9 Å². The molecule has 0 radical (unpaired) electrons. The first kappa shape index (κ1) is 14.0. The van der Waals surface area contributed by atoms with E-state index in [0.29, 0.717) is 12.0 Å². The number of nitrogens with zero attached hydrogens (tertiary/aromatic N) is 3. The molecule has 0 unspecified atom stereocenters. The van der Waals surface area contributed by atoms with E-state index in [9.17, 15) is 0 Å². The average molecular weight is 259 g/mol. The second-order valence-electron chi connectivity index (χ2n) is 4.03. The average Bonchev–Trinajstić information content (AvgIpc) is 2.24. The minimum absolute atomic E-state index is 0.00876. The first-order valence-corrected chi connectivity index (χ1v) is 6.27. The van der Waals surface area contributed by atoms with E-state index in [1.807, 2.05) is 13.8 Å². The number of nitrogens with one attached hydrogen (secondary N) is 1. The first-order valence-electron chi connectivity index (χ1n) is 5.89. The molecule has 0 saturated heterocycles. The molecule has 6 heteroatoms. The highest BCUT2D eigenvalue weighted by Crippen LogP contribution is 2.14. The van der Waals surface area contributed by atoms with Crippen LogP contribution < -0.4 is 10.1 Å². The Balaban J connectivity index is 2.81. The molecule has 1 aromatic heterocycles. The van der Waals surface area contributed by atoms with Crippen LogP contribution in [0, 0.1) is 0 Å². The molecule has 1 rings (SSSR count). The van der Waals surface area contributed by atoms with Crippen molar-refractivity contribution in [2.45, 2.75) is 52.7 Å². The minimum Gasteiger partial charge on any atom is -0.461 e. The fraction of sp³-hybridized carbons (Fsp3) is 0.727. The molecular weight excluding hydrogens is 240 g/mol. The summed E-state index contributed by atoms with van der Waals surface area (Å²) >= 11 is 5.82. The Labute approximate surface area is 107 Å². The maximum Gasteiger partial charge on any atom is 0.322 e. The molecular formula is C11H19ClN4O. The second kappa shape index (κ2) is 6.59. The van der Waals surface area contributed by atoms with Crippen molar-refractivity contribution in [3.05, 3.63) is 5.28 Å². The van der Waals surface area contributed by atoms with Gasteiger partial charge in [0.15, 0.2) is 0 Å². The van der Waals surface area contributed by atoms with Crippen LogP contribution in [0.5, 0.6) is 6.01 Å². The lowest BCUT2D eigenvalue weighted by Crippen LogP contribution is -2.20. The zero-order chi connectivity index (χ0) is 12.8. The van der Waals surface area contributed by atoms with Gasteiger partial charge in [-0.1, -0.05) is 13.8 Å². The predicted molar refractivity (Wildman–Crippen MR) is 68.6 cm³/mol. The van der Waals surface area contributed by atoms with Gasteiger partial charge in [-0.25, -0.2) is 0 Å². The summed E-state index contributed by atoms with van der Waals surface area (Å²) in [5.74, 6) is 0.467. The Hall–Kier alpha value is -1.10. The third-order valence-electron chi connectivity index (χ3n) is 2.25. The molecule has 0 saturated carbocycles. The van der Waals surface area contributed by atoms with Gasteiger partial charge in [0.1, 0.15) is 0 Å². The fourth-order valence-corrected chi connectivity index (χ4v) is 1.49. The fourth-order valence-electron chi connectivity index (χ4n) is 1.34. The van der Waals surface area contributed by atoms with Crippen molar-refractivity contribution in [3.8, 4) is 6.01 Å². The van der Waals surface area contributed by atoms with Gasteiger partial charge < -0.3 is 10.1 Å². The lowest BCUT2D eigenvalue weighted by Gasteiger charge is -2.15. The molecule has 0 bridgehead atoms. The Morgan fingerprint density at radius 2 is 1.82 bits per heavy atom. The van der Waals surface area contributed by atoms with Gasteiger partial charge in [-0.05, 0) is 38.3 Å². The predicted octanol–water partition coefficient (Wildman–Crippen LogP) is 2.91. The van der Waals surface area contributed by atoms with Crippen LogP contribution in [-0.4, -0.2) is 27.1 Å². The normalized spacial score (nSPS) is 11.0. The summed E-state index contributed by atoms with van der Waals surface area (Å²) in [4.78, 5) is 12.1. The van der Waals surface area contributed by atoms with E-state index >= 15 is 0 Å². The number of hydrogen-bond acceptors (Lipinski definition) is 5. The van der Waals surface area contributed by atoms with Crippen molar-refractivity contribution >= 4 is 17.5 Å². The lowest BCUT2D eigenvalue weighted by molar-refractivity contribution is 0.222. The number of aromatic nitrogens is 3. The van der Waals surface area contributed by atoms with Crippen LogP contribution in [0.4, 0.5) is 5.95 Å². The quantitative estimate of drug-likeness (QED) is 0.850. The van der Waals surface area contributed by atoms with Gasteiger partial charge in [-0.2, -0.15) is 15.0 Å². The van der Waals surface area contributed by atoms with Crippen molar-refractivity contribution < 1.29 is 4.74 Å².